The Morgan fingerprint density at radius 2 is 2.22 bits per heavy atom. The largest absolute Gasteiger partial charge is 0.337 e. The number of fused-ring (bicyclic) bond motifs is 1. The Morgan fingerprint density at radius 3 is 3.00 bits per heavy atom. The number of piperidine rings is 1. The lowest BCUT2D eigenvalue weighted by Crippen LogP contribution is -2.47. The van der Waals surface area contributed by atoms with Crippen LogP contribution in [0.25, 0.3) is 5.52 Å². The van der Waals surface area contributed by atoms with Crippen LogP contribution in [-0.2, 0) is 0 Å². The van der Waals surface area contributed by atoms with Gasteiger partial charge in [0.1, 0.15) is 0 Å². The second kappa shape index (κ2) is 6.13. The van der Waals surface area contributed by atoms with Crippen LogP contribution >= 0.6 is 12.4 Å². The zero-order valence-electron chi connectivity index (χ0n) is 13.4. The number of hydrogen-bond donors (Lipinski definition) is 1. The molecule has 0 radical (unpaired) electrons. The lowest BCUT2D eigenvalue weighted by atomic mass is 9.79. The molecule has 1 unspecified atom stereocenters. The van der Waals surface area contributed by atoms with Crippen LogP contribution in [0.4, 0.5) is 0 Å². The van der Waals surface area contributed by atoms with Gasteiger partial charge in [-0.05, 0) is 56.5 Å². The second-order valence-corrected chi connectivity index (χ2v) is 6.86. The summed E-state index contributed by atoms with van der Waals surface area (Å²) in [6, 6.07) is 5.97. The van der Waals surface area contributed by atoms with E-state index in [4.69, 9.17) is 0 Å². The summed E-state index contributed by atoms with van der Waals surface area (Å²) in [7, 11) is 0. The lowest BCUT2D eigenvalue weighted by Gasteiger charge is -2.39. The Kier molecular flexibility index (Phi) is 4.34. The quantitative estimate of drug-likeness (QED) is 0.870. The first-order valence-electron chi connectivity index (χ1n) is 8.11. The van der Waals surface area contributed by atoms with Gasteiger partial charge in [0.25, 0.3) is 5.91 Å². The number of carbonyl (C=O) groups excluding carboxylic acids is 1. The minimum Gasteiger partial charge on any atom is -0.337 e. The molecule has 2 aliphatic heterocycles. The molecule has 0 saturated carbocycles. The minimum atomic E-state index is 0. The number of likely N-dealkylation sites (tertiary alicyclic amines) is 1. The van der Waals surface area contributed by atoms with Gasteiger partial charge in [-0.3, -0.25) is 4.79 Å². The van der Waals surface area contributed by atoms with E-state index in [0.717, 1.165) is 38.1 Å². The van der Waals surface area contributed by atoms with Gasteiger partial charge in [0.2, 0.25) is 0 Å². The Balaban J connectivity index is 0.00000156. The monoisotopic (exact) mass is 334 g/mol. The summed E-state index contributed by atoms with van der Waals surface area (Å²) in [4.78, 5) is 14.8. The number of aromatic nitrogens is 2. The number of hydrogen-bond acceptors (Lipinski definition) is 3. The van der Waals surface area contributed by atoms with Gasteiger partial charge in [-0.1, -0.05) is 0 Å². The molecule has 5 nitrogen and oxygen atoms in total. The number of nitrogens with one attached hydrogen (secondary N) is 1. The summed E-state index contributed by atoms with van der Waals surface area (Å²) in [5.41, 5.74) is 3.02. The van der Waals surface area contributed by atoms with Gasteiger partial charge in [0.05, 0.1) is 5.52 Å². The van der Waals surface area contributed by atoms with Crippen molar-refractivity contribution in [3.05, 3.63) is 35.7 Å². The average molecular weight is 335 g/mol. The van der Waals surface area contributed by atoms with Crippen molar-refractivity contribution in [2.45, 2.75) is 26.2 Å². The molecule has 2 fully saturated rings. The van der Waals surface area contributed by atoms with Crippen molar-refractivity contribution in [2.24, 2.45) is 5.41 Å². The van der Waals surface area contributed by atoms with Crippen molar-refractivity contribution >= 4 is 23.8 Å². The van der Waals surface area contributed by atoms with Crippen LogP contribution in [0.5, 0.6) is 0 Å². The molecule has 1 N–H and O–H groups in total. The maximum Gasteiger partial charge on any atom is 0.274 e. The first-order chi connectivity index (χ1) is 10.7. The highest BCUT2D eigenvalue weighted by atomic mass is 35.5. The third-order valence-corrected chi connectivity index (χ3v) is 5.12. The first-order valence-corrected chi connectivity index (χ1v) is 8.11. The van der Waals surface area contributed by atoms with Crippen molar-refractivity contribution in [3.63, 3.8) is 0 Å². The molecule has 4 heterocycles. The van der Waals surface area contributed by atoms with E-state index in [9.17, 15) is 4.79 Å². The molecule has 0 bridgehead atoms. The Hall–Kier alpha value is -1.59. The van der Waals surface area contributed by atoms with Crippen molar-refractivity contribution in [2.75, 3.05) is 26.2 Å². The molecule has 1 atom stereocenters. The Labute approximate surface area is 142 Å². The van der Waals surface area contributed by atoms with E-state index in [1.165, 1.54) is 18.4 Å². The summed E-state index contributed by atoms with van der Waals surface area (Å²) < 4.78 is 1.79. The maximum absolute atomic E-state index is 12.8. The lowest BCUT2D eigenvalue weighted by molar-refractivity contribution is 0.0547. The predicted molar refractivity (Wildman–Crippen MR) is 92.2 cm³/mol. The van der Waals surface area contributed by atoms with E-state index in [1.54, 1.807) is 4.52 Å². The highest BCUT2D eigenvalue weighted by Gasteiger charge is 2.39. The fraction of sp³-hybridized carbons (Fsp3) is 0.529. The highest BCUT2D eigenvalue weighted by Crippen LogP contribution is 2.35. The SMILES string of the molecule is Cc1ccn2nc(C(=O)N3CCCC4(CCNC4)C3)cc2c1.Cl. The third-order valence-electron chi connectivity index (χ3n) is 5.12. The maximum atomic E-state index is 12.8. The van der Waals surface area contributed by atoms with Crippen LogP contribution in [0.2, 0.25) is 0 Å². The number of aryl methyl sites for hydroxylation is 1. The standard InChI is InChI=1S/C17H22N4O.ClH/c1-13-3-8-21-14(9-13)10-15(19-21)16(22)20-7-2-4-17(12-20)5-6-18-11-17;/h3,8-10,18H,2,4-7,11-12H2,1H3;1H. The molecule has 2 aromatic rings. The molecule has 0 aliphatic carbocycles. The van der Waals surface area contributed by atoms with Crippen LogP contribution in [0.3, 0.4) is 0 Å². The van der Waals surface area contributed by atoms with Gasteiger partial charge < -0.3 is 10.2 Å². The van der Waals surface area contributed by atoms with E-state index < -0.39 is 0 Å². The van der Waals surface area contributed by atoms with Crippen molar-refractivity contribution in [3.8, 4) is 0 Å². The molecule has 0 aromatic carbocycles. The number of pyridine rings is 1. The summed E-state index contributed by atoms with van der Waals surface area (Å²) in [5.74, 6) is 0.0762. The average Bonchev–Trinajstić information content (AvgIpc) is 3.13. The number of nitrogens with zero attached hydrogens (tertiary/aromatic N) is 3. The van der Waals surface area contributed by atoms with Crippen LogP contribution in [0.15, 0.2) is 24.4 Å². The fourth-order valence-electron chi connectivity index (χ4n) is 3.90. The molecule has 2 aromatic heterocycles. The molecule has 2 aliphatic rings. The molecule has 4 rings (SSSR count). The summed E-state index contributed by atoms with van der Waals surface area (Å²) in [5, 5.41) is 7.91. The molecule has 1 amide bonds. The van der Waals surface area contributed by atoms with Crippen molar-refractivity contribution in [1.82, 2.24) is 19.8 Å². The van der Waals surface area contributed by atoms with E-state index in [2.05, 4.69) is 23.4 Å². The summed E-state index contributed by atoms with van der Waals surface area (Å²) >= 11 is 0. The number of amides is 1. The molecule has 2 saturated heterocycles. The molecule has 1 spiro atoms. The molecule has 23 heavy (non-hydrogen) atoms. The van der Waals surface area contributed by atoms with E-state index in [1.807, 2.05) is 23.2 Å². The topological polar surface area (TPSA) is 49.6 Å². The summed E-state index contributed by atoms with van der Waals surface area (Å²) in [6.07, 6.45) is 5.43. The molecule has 6 heteroatoms. The first kappa shape index (κ1) is 16.3. The van der Waals surface area contributed by atoms with Gasteiger partial charge >= 0.3 is 0 Å². The normalized spacial score (nSPS) is 24.1. The fourth-order valence-corrected chi connectivity index (χ4v) is 3.90. The van der Waals surface area contributed by atoms with Crippen LogP contribution in [0, 0.1) is 12.3 Å². The zero-order chi connectivity index (χ0) is 15.2. The van der Waals surface area contributed by atoms with E-state index >= 15 is 0 Å². The van der Waals surface area contributed by atoms with Gasteiger partial charge in [-0.2, -0.15) is 5.10 Å². The van der Waals surface area contributed by atoms with Gasteiger partial charge in [-0.15, -0.1) is 12.4 Å². The number of halogens is 1. The Bertz CT molecular complexity index is 720. The number of carbonyl (C=O) groups is 1. The molecular formula is C17H23ClN4O. The number of rotatable bonds is 1. The van der Waals surface area contributed by atoms with Crippen molar-refractivity contribution < 1.29 is 4.79 Å². The van der Waals surface area contributed by atoms with Crippen LogP contribution in [-0.4, -0.2) is 46.6 Å². The summed E-state index contributed by atoms with van der Waals surface area (Å²) in [6.45, 7) is 5.89. The van der Waals surface area contributed by atoms with E-state index in [-0.39, 0.29) is 18.3 Å². The minimum absolute atomic E-state index is 0. The smallest absolute Gasteiger partial charge is 0.274 e. The van der Waals surface area contributed by atoms with Crippen LogP contribution < -0.4 is 5.32 Å². The Morgan fingerprint density at radius 1 is 1.35 bits per heavy atom. The zero-order valence-corrected chi connectivity index (χ0v) is 14.2. The third kappa shape index (κ3) is 2.95. The second-order valence-electron chi connectivity index (χ2n) is 6.86. The van der Waals surface area contributed by atoms with Gasteiger partial charge in [-0.25, -0.2) is 4.52 Å². The van der Waals surface area contributed by atoms with Crippen molar-refractivity contribution in [1.29, 1.82) is 0 Å². The van der Waals surface area contributed by atoms with E-state index in [0.29, 0.717) is 11.1 Å². The predicted octanol–water partition coefficient (Wildman–Crippen LogP) is 2.28. The highest BCUT2D eigenvalue weighted by molar-refractivity contribution is 5.93. The van der Waals surface area contributed by atoms with Gasteiger partial charge in [0, 0.05) is 31.2 Å². The molecular weight excluding hydrogens is 312 g/mol. The molecule has 124 valence electrons. The van der Waals surface area contributed by atoms with Gasteiger partial charge in [0.15, 0.2) is 5.69 Å². The van der Waals surface area contributed by atoms with Crippen LogP contribution in [0.1, 0.15) is 35.3 Å².